The molecule has 29 heavy (non-hydrogen) atoms. The first-order valence-electron chi connectivity index (χ1n) is 9.85. The molecule has 6 nitrogen and oxygen atoms in total. The summed E-state index contributed by atoms with van der Waals surface area (Å²) in [5, 5.41) is 0. The second kappa shape index (κ2) is 9.89. The first kappa shape index (κ1) is 22.9. The summed E-state index contributed by atoms with van der Waals surface area (Å²) >= 11 is 0. The van der Waals surface area contributed by atoms with Crippen LogP contribution in [0.15, 0.2) is 53.4 Å². The van der Waals surface area contributed by atoms with Crippen LogP contribution in [0.5, 0.6) is 5.75 Å². The van der Waals surface area contributed by atoms with Gasteiger partial charge in [-0.05, 0) is 49.7 Å². The van der Waals surface area contributed by atoms with Crippen molar-refractivity contribution >= 4 is 15.9 Å². The van der Waals surface area contributed by atoms with Crippen molar-refractivity contribution in [3.05, 3.63) is 59.7 Å². The Morgan fingerprint density at radius 2 is 1.66 bits per heavy atom. The summed E-state index contributed by atoms with van der Waals surface area (Å²) in [6, 6.07) is 13.7. The fraction of sp³-hybridized carbons (Fsp3) is 0.409. The number of benzene rings is 2. The molecule has 158 valence electrons. The second-order valence-corrected chi connectivity index (χ2v) is 8.60. The van der Waals surface area contributed by atoms with Gasteiger partial charge < -0.3 is 9.64 Å². The van der Waals surface area contributed by atoms with E-state index in [2.05, 4.69) is 0 Å². The molecule has 0 aliphatic heterocycles. The molecule has 0 bridgehead atoms. The van der Waals surface area contributed by atoms with Gasteiger partial charge in [-0.25, -0.2) is 8.42 Å². The third-order valence-corrected chi connectivity index (χ3v) is 7.12. The van der Waals surface area contributed by atoms with E-state index < -0.39 is 10.0 Å². The van der Waals surface area contributed by atoms with Gasteiger partial charge in [0.25, 0.3) is 5.91 Å². The highest BCUT2D eigenvalue weighted by Gasteiger charge is 2.25. The standard InChI is InChI=1S/C22H30N2O4S/c1-6-23(7-2)29(26,27)21-14-10-12-19(16-21)22(25)24(8-3)17(4)18-11-9-13-20(15-18)28-5/h9-17H,6-8H2,1-5H3. The SMILES string of the molecule is CCN(C(=O)c1cccc(S(=O)(=O)N(CC)CC)c1)C(C)c1cccc(OC)c1. The van der Waals surface area contributed by atoms with Crippen molar-refractivity contribution in [2.45, 2.75) is 38.6 Å². The van der Waals surface area contributed by atoms with E-state index in [0.29, 0.717) is 25.2 Å². The molecule has 2 aromatic carbocycles. The zero-order valence-electron chi connectivity index (χ0n) is 17.8. The van der Waals surface area contributed by atoms with Crippen molar-refractivity contribution in [3.63, 3.8) is 0 Å². The van der Waals surface area contributed by atoms with E-state index in [9.17, 15) is 13.2 Å². The van der Waals surface area contributed by atoms with Crippen LogP contribution in [-0.2, 0) is 10.0 Å². The van der Waals surface area contributed by atoms with Crippen LogP contribution in [0, 0.1) is 0 Å². The fourth-order valence-electron chi connectivity index (χ4n) is 3.34. The lowest BCUT2D eigenvalue weighted by atomic mass is 10.1. The molecule has 0 N–H and O–H groups in total. The number of ether oxygens (including phenoxy) is 1. The van der Waals surface area contributed by atoms with E-state index in [0.717, 1.165) is 11.3 Å². The first-order chi connectivity index (χ1) is 13.8. The smallest absolute Gasteiger partial charge is 0.254 e. The Kier molecular flexibility index (Phi) is 7.81. The van der Waals surface area contributed by atoms with Crippen LogP contribution in [0.3, 0.4) is 0 Å². The molecule has 1 amide bonds. The van der Waals surface area contributed by atoms with Crippen LogP contribution >= 0.6 is 0 Å². The molecule has 1 unspecified atom stereocenters. The van der Waals surface area contributed by atoms with Gasteiger partial charge in [-0.2, -0.15) is 4.31 Å². The molecular weight excluding hydrogens is 388 g/mol. The van der Waals surface area contributed by atoms with Crippen LogP contribution in [0.4, 0.5) is 0 Å². The predicted octanol–water partition coefficient (Wildman–Crippen LogP) is 3.95. The average Bonchev–Trinajstić information content (AvgIpc) is 2.74. The predicted molar refractivity (Wildman–Crippen MR) is 115 cm³/mol. The summed E-state index contributed by atoms with van der Waals surface area (Å²) < 4.78 is 32.3. The summed E-state index contributed by atoms with van der Waals surface area (Å²) in [5.74, 6) is 0.518. The summed E-state index contributed by atoms with van der Waals surface area (Å²) in [5.41, 5.74) is 1.31. The molecule has 0 aromatic heterocycles. The zero-order valence-corrected chi connectivity index (χ0v) is 18.6. The molecule has 2 aromatic rings. The van der Waals surface area contributed by atoms with Gasteiger partial charge in [-0.3, -0.25) is 4.79 Å². The Balaban J connectivity index is 2.37. The number of carbonyl (C=O) groups is 1. The third-order valence-electron chi connectivity index (χ3n) is 5.07. The van der Waals surface area contributed by atoms with E-state index in [1.807, 2.05) is 38.1 Å². The fourth-order valence-corrected chi connectivity index (χ4v) is 4.85. The lowest BCUT2D eigenvalue weighted by Gasteiger charge is -2.29. The van der Waals surface area contributed by atoms with E-state index in [-0.39, 0.29) is 16.8 Å². The summed E-state index contributed by atoms with van der Waals surface area (Å²) in [4.78, 5) is 15.1. The molecule has 0 saturated carbocycles. The lowest BCUT2D eigenvalue weighted by Crippen LogP contribution is -2.34. The summed E-state index contributed by atoms with van der Waals surface area (Å²) in [6.45, 7) is 8.70. The quantitative estimate of drug-likeness (QED) is 0.618. The monoisotopic (exact) mass is 418 g/mol. The Labute approximate surface area is 174 Å². The summed E-state index contributed by atoms with van der Waals surface area (Å²) in [6.07, 6.45) is 0. The molecule has 0 saturated heterocycles. The minimum Gasteiger partial charge on any atom is -0.497 e. The van der Waals surface area contributed by atoms with Crippen molar-refractivity contribution in [2.24, 2.45) is 0 Å². The van der Waals surface area contributed by atoms with Crippen LogP contribution in [0.2, 0.25) is 0 Å². The van der Waals surface area contributed by atoms with Gasteiger partial charge in [-0.15, -0.1) is 0 Å². The van der Waals surface area contributed by atoms with Crippen molar-refractivity contribution in [1.82, 2.24) is 9.21 Å². The van der Waals surface area contributed by atoms with Crippen molar-refractivity contribution < 1.29 is 17.9 Å². The molecule has 2 rings (SSSR count). The number of hydrogen-bond acceptors (Lipinski definition) is 4. The molecule has 0 fully saturated rings. The number of nitrogens with zero attached hydrogens (tertiary/aromatic N) is 2. The molecular formula is C22H30N2O4S. The van der Waals surface area contributed by atoms with Gasteiger partial charge >= 0.3 is 0 Å². The van der Waals surface area contributed by atoms with E-state index in [4.69, 9.17) is 4.74 Å². The Hall–Kier alpha value is -2.38. The minimum atomic E-state index is -3.63. The van der Waals surface area contributed by atoms with E-state index >= 15 is 0 Å². The molecule has 0 aliphatic rings. The van der Waals surface area contributed by atoms with Crippen molar-refractivity contribution in [1.29, 1.82) is 0 Å². The highest BCUT2D eigenvalue weighted by molar-refractivity contribution is 7.89. The first-order valence-corrected chi connectivity index (χ1v) is 11.3. The molecule has 1 atom stereocenters. The van der Waals surface area contributed by atoms with Crippen molar-refractivity contribution in [2.75, 3.05) is 26.7 Å². The maximum absolute atomic E-state index is 13.2. The molecule has 7 heteroatoms. The maximum atomic E-state index is 13.2. The largest absolute Gasteiger partial charge is 0.497 e. The van der Waals surface area contributed by atoms with Gasteiger partial charge in [0, 0.05) is 25.2 Å². The van der Waals surface area contributed by atoms with Gasteiger partial charge in [-0.1, -0.05) is 32.0 Å². The van der Waals surface area contributed by atoms with Gasteiger partial charge in [0.2, 0.25) is 10.0 Å². The highest BCUT2D eigenvalue weighted by atomic mass is 32.2. The van der Waals surface area contributed by atoms with E-state index in [1.54, 1.807) is 38.0 Å². The van der Waals surface area contributed by atoms with Gasteiger partial charge in [0.05, 0.1) is 18.0 Å². The Bertz CT molecular complexity index is 939. The number of carbonyl (C=O) groups excluding carboxylic acids is 1. The number of rotatable bonds is 9. The van der Waals surface area contributed by atoms with E-state index in [1.165, 1.54) is 16.4 Å². The second-order valence-electron chi connectivity index (χ2n) is 6.66. The summed E-state index contributed by atoms with van der Waals surface area (Å²) in [7, 11) is -2.02. The number of sulfonamides is 1. The average molecular weight is 419 g/mol. The molecule has 0 spiro atoms. The molecule has 0 heterocycles. The highest BCUT2D eigenvalue weighted by Crippen LogP contribution is 2.26. The normalized spacial score (nSPS) is 12.6. The van der Waals surface area contributed by atoms with Crippen molar-refractivity contribution in [3.8, 4) is 5.75 Å². The zero-order chi connectivity index (χ0) is 21.6. The number of hydrogen-bond donors (Lipinski definition) is 0. The molecule has 0 radical (unpaired) electrons. The topological polar surface area (TPSA) is 66.9 Å². The molecule has 0 aliphatic carbocycles. The van der Waals surface area contributed by atoms with Crippen LogP contribution in [-0.4, -0.2) is 50.3 Å². The third kappa shape index (κ3) is 4.97. The Morgan fingerprint density at radius 1 is 1.00 bits per heavy atom. The minimum absolute atomic E-state index is 0.136. The maximum Gasteiger partial charge on any atom is 0.254 e. The number of amides is 1. The van der Waals surface area contributed by atoms with Crippen LogP contribution < -0.4 is 4.74 Å². The Morgan fingerprint density at radius 3 is 2.24 bits per heavy atom. The van der Waals surface area contributed by atoms with Gasteiger partial charge in [0.1, 0.15) is 5.75 Å². The van der Waals surface area contributed by atoms with Crippen LogP contribution in [0.1, 0.15) is 49.7 Å². The number of methoxy groups -OCH3 is 1. The van der Waals surface area contributed by atoms with Crippen LogP contribution in [0.25, 0.3) is 0 Å². The van der Waals surface area contributed by atoms with Gasteiger partial charge in [0.15, 0.2) is 0 Å². The lowest BCUT2D eigenvalue weighted by molar-refractivity contribution is 0.0702.